The van der Waals surface area contributed by atoms with Gasteiger partial charge in [0.1, 0.15) is 5.82 Å². The lowest BCUT2D eigenvalue weighted by Crippen LogP contribution is -2.17. The molecule has 1 aliphatic rings. The first-order valence-electron chi connectivity index (χ1n) is 6.12. The monoisotopic (exact) mass is 262 g/mol. The molecule has 1 aromatic carbocycles. The molecule has 100 valence electrons. The quantitative estimate of drug-likeness (QED) is 0.817. The average molecular weight is 262 g/mol. The molecule has 0 radical (unpaired) electrons. The maximum absolute atomic E-state index is 13.3. The van der Waals surface area contributed by atoms with Crippen LogP contribution in [-0.4, -0.2) is 11.8 Å². The third-order valence-electron chi connectivity index (χ3n) is 3.08. The SMILES string of the molecule is NC(=O)c1cc(NC(=O)CC2C=CCC2)ccc1F. The van der Waals surface area contributed by atoms with Gasteiger partial charge in [-0.3, -0.25) is 9.59 Å². The summed E-state index contributed by atoms with van der Waals surface area (Å²) in [5.74, 6) is -1.44. The maximum Gasteiger partial charge on any atom is 0.251 e. The number of anilines is 1. The first kappa shape index (κ1) is 13.3. The van der Waals surface area contributed by atoms with E-state index >= 15 is 0 Å². The van der Waals surface area contributed by atoms with Crippen molar-refractivity contribution < 1.29 is 14.0 Å². The highest BCUT2D eigenvalue weighted by Crippen LogP contribution is 2.21. The molecule has 0 spiro atoms. The van der Waals surface area contributed by atoms with Gasteiger partial charge in [0, 0.05) is 12.1 Å². The molecule has 5 heteroatoms. The zero-order valence-electron chi connectivity index (χ0n) is 10.4. The van der Waals surface area contributed by atoms with Crippen LogP contribution in [0.15, 0.2) is 30.4 Å². The summed E-state index contributed by atoms with van der Waals surface area (Å²) < 4.78 is 13.3. The smallest absolute Gasteiger partial charge is 0.251 e. The number of hydrogen-bond acceptors (Lipinski definition) is 2. The van der Waals surface area contributed by atoms with Crippen molar-refractivity contribution in [3.63, 3.8) is 0 Å². The number of carbonyl (C=O) groups excluding carboxylic acids is 2. The van der Waals surface area contributed by atoms with Gasteiger partial charge in [-0.05, 0) is 37.0 Å². The highest BCUT2D eigenvalue weighted by molar-refractivity contribution is 5.96. The van der Waals surface area contributed by atoms with Crippen molar-refractivity contribution in [3.05, 3.63) is 41.7 Å². The highest BCUT2D eigenvalue weighted by Gasteiger charge is 2.15. The van der Waals surface area contributed by atoms with Crippen LogP contribution in [0.3, 0.4) is 0 Å². The molecule has 1 atom stereocenters. The lowest BCUT2D eigenvalue weighted by molar-refractivity contribution is -0.116. The third-order valence-corrected chi connectivity index (χ3v) is 3.08. The summed E-state index contributed by atoms with van der Waals surface area (Å²) in [6.45, 7) is 0. The number of allylic oxidation sites excluding steroid dienone is 2. The molecular weight excluding hydrogens is 247 g/mol. The Balaban J connectivity index is 2.02. The second-order valence-electron chi connectivity index (χ2n) is 4.58. The Morgan fingerprint density at radius 1 is 1.42 bits per heavy atom. The Hall–Kier alpha value is -2.17. The van der Waals surface area contributed by atoms with Gasteiger partial charge < -0.3 is 11.1 Å². The van der Waals surface area contributed by atoms with Crippen LogP contribution in [0.1, 0.15) is 29.6 Å². The van der Waals surface area contributed by atoms with Crippen LogP contribution in [0.25, 0.3) is 0 Å². The Morgan fingerprint density at radius 2 is 2.21 bits per heavy atom. The number of hydrogen-bond donors (Lipinski definition) is 2. The van der Waals surface area contributed by atoms with E-state index in [1.165, 1.54) is 12.1 Å². The van der Waals surface area contributed by atoms with Crippen LogP contribution in [-0.2, 0) is 4.79 Å². The molecule has 3 N–H and O–H groups in total. The van der Waals surface area contributed by atoms with Crippen LogP contribution in [0.2, 0.25) is 0 Å². The van der Waals surface area contributed by atoms with Gasteiger partial charge in [-0.25, -0.2) is 4.39 Å². The van der Waals surface area contributed by atoms with Crippen molar-refractivity contribution >= 4 is 17.5 Å². The van der Waals surface area contributed by atoms with Crippen LogP contribution < -0.4 is 11.1 Å². The Bertz CT molecular complexity index is 540. The van der Waals surface area contributed by atoms with E-state index in [2.05, 4.69) is 11.4 Å². The van der Waals surface area contributed by atoms with E-state index in [-0.39, 0.29) is 17.4 Å². The van der Waals surface area contributed by atoms with Gasteiger partial charge in [0.25, 0.3) is 5.91 Å². The molecule has 1 aliphatic carbocycles. The molecule has 4 nitrogen and oxygen atoms in total. The van der Waals surface area contributed by atoms with Crippen LogP contribution in [0, 0.1) is 11.7 Å². The van der Waals surface area contributed by atoms with Gasteiger partial charge in [0.15, 0.2) is 0 Å². The predicted molar refractivity (Wildman–Crippen MR) is 70.0 cm³/mol. The van der Waals surface area contributed by atoms with Gasteiger partial charge in [-0.15, -0.1) is 0 Å². The molecule has 0 aromatic heterocycles. The molecule has 0 heterocycles. The first-order chi connectivity index (χ1) is 9.06. The maximum atomic E-state index is 13.3. The molecular formula is C14H15FN2O2. The highest BCUT2D eigenvalue weighted by atomic mass is 19.1. The van der Waals surface area contributed by atoms with Gasteiger partial charge in [-0.2, -0.15) is 0 Å². The van der Waals surface area contributed by atoms with Gasteiger partial charge >= 0.3 is 0 Å². The van der Waals surface area contributed by atoms with E-state index in [1.807, 2.05) is 6.08 Å². The number of amides is 2. The minimum atomic E-state index is -0.854. The van der Waals surface area contributed by atoms with E-state index in [0.717, 1.165) is 18.9 Å². The molecule has 0 bridgehead atoms. The van der Waals surface area contributed by atoms with Crippen molar-refractivity contribution in [2.24, 2.45) is 11.7 Å². The number of halogens is 1. The molecule has 0 fully saturated rings. The molecule has 0 saturated carbocycles. The number of nitrogens with two attached hydrogens (primary N) is 1. The van der Waals surface area contributed by atoms with Crippen molar-refractivity contribution in [1.29, 1.82) is 0 Å². The Kier molecular flexibility index (Phi) is 3.94. The molecule has 0 saturated heterocycles. The topological polar surface area (TPSA) is 72.2 Å². The summed E-state index contributed by atoms with van der Waals surface area (Å²) in [6.07, 6.45) is 6.45. The third kappa shape index (κ3) is 3.40. The minimum absolute atomic E-state index is 0.154. The minimum Gasteiger partial charge on any atom is -0.366 e. The summed E-state index contributed by atoms with van der Waals surface area (Å²) in [4.78, 5) is 22.8. The van der Waals surface area contributed by atoms with Gasteiger partial charge in [0.05, 0.1) is 5.56 Å². The van der Waals surface area contributed by atoms with Crippen molar-refractivity contribution in [2.75, 3.05) is 5.32 Å². The summed E-state index contributed by atoms with van der Waals surface area (Å²) in [5.41, 5.74) is 5.20. The van der Waals surface area contributed by atoms with Crippen LogP contribution >= 0.6 is 0 Å². The van der Waals surface area contributed by atoms with E-state index in [4.69, 9.17) is 5.73 Å². The van der Waals surface area contributed by atoms with Crippen molar-refractivity contribution in [2.45, 2.75) is 19.3 Å². The number of primary amides is 1. The fraction of sp³-hybridized carbons (Fsp3) is 0.286. The molecule has 1 unspecified atom stereocenters. The fourth-order valence-corrected chi connectivity index (χ4v) is 2.11. The number of benzene rings is 1. The van der Waals surface area contributed by atoms with Gasteiger partial charge in [0.2, 0.25) is 5.91 Å². The average Bonchev–Trinajstić information content (AvgIpc) is 2.84. The largest absolute Gasteiger partial charge is 0.366 e. The van der Waals surface area contributed by atoms with Crippen LogP contribution in [0.4, 0.5) is 10.1 Å². The van der Waals surface area contributed by atoms with E-state index in [1.54, 1.807) is 0 Å². The molecule has 2 rings (SSSR count). The lowest BCUT2D eigenvalue weighted by atomic mass is 10.0. The van der Waals surface area contributed by atoms with Crippen LogP contribution in [0.5, 0.6) is 0 Å². The predicted octanol–water partition coefficient (Wildman–Crippen LogP) is 2.22. The zero-order valence-corrected chi connectivity index (χ0v) is 10.4. The number of carbonyl (C=O) groups is 2. The standard InChI is InChI=1S/C14H15FN2O2/c15-12-6-5-10(8-11(12)14(16)19)17-13(18)7-9-3-1-2-4-9/h1,3,5-6,8-9H,2,4,7H2,(H2,16,19)(H,17,18). The second kappa shape index (κ2) is 5.65. The Morgan fingerprint density at radius 3 is 2.84 bits per heavy atom. The van der Waals surface area contributed by atoms with Gasteiger partial charge in [-0.1, -0.05) is 12.2 Å². The summed E-state index contributed by atoms with van der Waals surface area (Å²) in [6, 6.07) is 3.77. The molecule has 1 aromatic rings. The van der Waals surface area contributed by atoms with E-state index in [9.17, 15) is 14.0 Å². The lowest BCUT2D eigenvalue weighted by Gasteiger charge is -2.09. The molecule has 0 aliphatic heterocycles. The number of rotatable bonds is 4. The summed E-state index contributed by atoms with van der Waals surface area (Å²) in [5, 5.41) is 2.64. The first-order valence-corrected chi connectivity index (χ1v) is 6.12. The summed E-state index contributed by atoms with van der Waals surface area (Å²) in [7, 11) is 0. The Labute approximate surface area is 110 Å². The number of nitrogens with one attached hydrogen (secondary N) is 1. The molecule has 19 heavy (non-hydrogen) atoms. The van der Waals surface area contributed by atoms with E-state index < -0.39 is 11.7 Å². The zero-order chi connectivity index (χ0) is 13.8. The fourth-order valence-electron chi connectivity index (χ4n) is 2.11. The van der Waals surface area contributed by atoms with E-state index in [0.29, 0.717) is 12.1 Å². The summed E-state index contributed by atoms with van der Waals surface area (Å²) >= 11 is 0. The normalized spacial score (nSPS) is 17.4. The molecule has 2 amide bonds. The van der Waals surface area contributed by atoms with Crippen molar-refractivity contribution in [3.8, 4) is 0 Å². The second-order valence-corrected chi connectivity index (χ2v) is 4.58. The van der Waals surface area contributed by atoms with Crippen molar-refractivity contribution in [1.82, 2.24) is 0 Å².